The average Bonchev–Trinajstić information content (AvgIpc) is 2.78. The van der Waals surface area contributed by atoms with Crippen LogP contribution >= 0.6 is 0 Å². The molecular weight excluding hydrogens is 398 g/mol. The van der Waals surface area contributed by atoms with Crippen LogP contribution in [0.3, 0.4) is 0 Å². The van der Waals surface area contributed by atoms with E-state index in [1.807, 2.05) is 30.3 Å². The number of aromatic nitrogens is 2. The third-order valence-corrected chi connectivity index (χ3v) is 5.04. The summed E-state index contributed by atoms with van der Waals surface area (Å²) in [5.74, 6) is 4.13. The van der Waals surface area contributed by atoms with E-state index >= 15 is 0 Å². The summed E-state index contributed by atoms with van der Waals surface area (Å²) >= 11 is 0. The molecular formula is C25H18F2N2O2. The first kappa shape index (κ1) is 20.3. The van der Waals surface area contributed by atoms with Crippen LogP contribution in [0.15, 0.2) is 76.3 Å². The van der Waals surface area contributed by atoms with Gasteiger partial charge in [-0.2, -0.15) is 0 Å². The maximum Gasteiger partial charge on any atom is 0.331 e. The van der Waals surface area contributed by atoms with E-state index in [1.165, 1.54) is 10.6 Å². The molecule has 3 aromatic carbocycles. The minimum Gasteiger partial charge on any atom is -0.296 e. The summed E-state index contributed by atoms with van der Waals surface area (Å²) in [5, 5.41) is 0.330. The maximum absolute atomic E-state index is 13.5. The van der Waals surface area contributed by atoms with Crippen molar-refractivity contribution in [3.63, 3.8) is 0 Å². The van der Waals surface area contributed by atoms with Gasteiger partial charge in [0.15, 0.2) is 11.6 Å². The number of aryl methyl sites for hydroxylation is 1. The number of halogens is 2. The zero-order valence-electron chi connectivity index (χ0n) is 16.7. The lowest BCUT2D eigenvalue weighted by Gasteiger charge is -2.11. The molecule has 0 atom stereocenters. The number of fused-ring (bicyclic) bond motifs is 1. The zero-order chi connectivity index (χ0) is 22.0. The van der Waals surface area contributed by atoms with E-state index in [4.69, 9.17) is 0 Å². The highest BCUT2D eigenvalue weighted by molar-refractivity contribution is 5.79. The molecule has 0 saturated heterocycles. The van der Waals surface area contributed by atoms with Crippen molar-refractivity contribution in [2.75, 3.05) is 0 Å². The Bertz CT molecular complexity index is 1460. The lowest BCUT2D eigenvalue weighted by atomic mass is 10.1. The van der Waals surface area contributed by atoms with E-state index in [0.717, 1.165) is 22.3 Å². The smallest absolute Gasteiger partial charge is 0.296 e. The van der Waals surface area contributed by atoms with Crippen LogP contribution in [0, 0.1) is 23.5 Å². The second-order valence-corrected chi connectivity index (χ2v) is 7.18. The van der Waals surface area contributed by atoms with Crippen molar-refractivity contribution in [3.05, 3.63) is 116 Å². The lowest BCUT2D eigenvalue weighted by molar-refractivity contribution is 0.506. The second kappa shape index (κ2) is 8.41. The van der Waals surface area contributed by atoms with Gasteiger partial charge >= 0.3 is 5.69 Å². The molecule has 0 unspecified atom stereocenters. The Hall–Kier alpha value is -3.98. The van der Waals surface area contributed by atoms with Gasteiger partial charge in [0.25, 0.3) is 5.56 Å². The molecule has 6 heteroatoms. The summed E-state index contributed by atoms with van der Waals surface area (Å²) in [5.41, 5.74) is 1.49. The Morgan fingerprint density at radius 2 is 1.65 bits per heavy atom. The number of nitrogens with zero attached hydrogens (tertiary/aromatic N) is 2. The third kappa shape index (κ3) is 4.17. The largest absolute Gasteiger partial charge is 0.331 e. The van der Waals surface area contributed by atoms with Crippen molar-refractivity contribution in [1.29, 1.82) is 0 Å². The quantitative estimate of drug-likeness (QED) is 0.479. The van der Waals surface area contributed by atoms with Gasteiger partial charge in [0.2, 0.25) is 0 Å². The Balaban J connectivity index is 1.74. The molecule has 4 nitrogen and oxygen atoms in total. The normalized spacial score (nSPS) is 10.7. The fourth-order valence-corrected chi connectivity index (χ4v) is 3.40. The predicted molar refractivity (Wildman–Crippen MR) is 116 cm³/mol. The summed E-state index contributed by atoms with van der Waals surface area (Å²) in [6.45, 7) is -0.164. The maximum atomic E-state index is 13.5. The molecule has 1 aromatic heterocycles. The molecule has 0 saturated carbocycles. The minimum absolute atomic E-state index is 0.164. The summed E-state index contributed by atoms with van der Waals surface area (Å²) < 4.78 is 29.1. The molecule has 4 rings (SSSR count). The van der Waals surface area contributed by atoms with Gasteiger partial charge < -0.3 is 0 Å². The van der Waals surface area contributed by atoms with Gasteiger partial charge in [-0.3, -0.25) is 13.9 Å². The number of hydrogen-bond donors (Lipinski definition) is 0. The summed E-state index contributed by atoms with van der Waals surface area (Å²) in [7, 11) is 1.56. The van der Waals surface area contributed by atoms with Gasteiger partial charge in [-0.15, -0.1) is 0 Å². The van der Waals surface area contributed by atoms with E-state index < -0.39 is 22.9 Å². The highest BCUT2D eigenvalue weighted by Gasteiger charge is 2.13. The highest BCUT2D eigenvalue weighted by Crippen LogP contribution is 2.12. The predicted octanol–water partition coefficient (Wildman–Crippen LogP) is 3.62. The Kier molecular flexibility index (Phi) is 5.50. The number of rotatable bonds is 3. The van der Waals surface area contributed by atoms with E-state index in [0.29, 0.717) is 28.5 Å². The van der Waals surface area contributed by atoms with Gasteiger partial charge in [0, 0.05) is 19.0 Å². The molecule has 0 amide bonds. The molecule has 0 radical (unpaired) electrons. The van der Waals surface area contributed by atoms with Gasteiger partial charge in [-0.1, -0.05) is 48.2 Å². The monoisotopic (exact) mass is 416 g/mol. The van der Waals surface area contributed by atoms with Gasteiger partial charge in [-0.25, -0.2) is 13.6 Å². The molecule has 0 spiro atoms. The van der Waals surface area contributed by atoms with Crippen LogP contribution < -0.4 is 11.2 Å². The van der Waals surface area contributed by atoms with Crippen molar-refractivity contribution in [2.24, 2.45) is 7.05 Å². The molecule has 154 valence electrons. The topological polar surface area (TPSA) is 44.0 Å². The summed E-state index contributed by atoms with van der Waals surface area (Å²) in [6.07, 6.45) is 0.576. The van der Waals surface area contributed by atoms with Crippen molar-refractivity contribution < 1.29 is 8.78 Å². The van der Waals surface area contributed by atoms with Crippen LogP contribution in [0.25, 0.3) is 10.9 Å². The average molecular weight is 416 g/mol. The first-order chi connectivity index (χ1) is 14.9. The molecule has 0 aliphatic carbocycles. The van der Waals surface area contributed by atoms with Crippen LogP contribution in [0.4, 0.5) is 8.78 Å². The fraction of sp³-hybridized carbons (Fsp3) is 0.120. The van der Waals surface area contributed by atoms with Gasteiger partial charge in [0.1, 0.15) is 0 Å². The second-order valence-electron chi connectivity index (χ2n) is 7.18. The molecule has 0 aliphatic rings. The minimum atomic E-state index is -1.03. The van der Waals surface area contributed by atoms with Crippen LogP contribution in [-0.4, -0.2) is 9.13 Å². The van der Waals surface area contributed by atoms with Crippen LogP contribution in [0.2, 0.25) is 0 Å². The SMILES string of the molecule is Cn1c(=O)n(Cc2ccc(F)c(F)c2)c(=O)c2cc(C#CCc3ccccc3)ccc21. The number of hydrogen-bond acceptors (Lipinski definition) is 2. The lowest BCUT2D eigenvalue weighted by Crippen LogP contribution is -2.39. The van der Waals surface area contributed by atoms with Crippen LogP contribution in [-0.2, 0) is 20.0 Å². The van der Waals surface area contributed by atoms with Crippen molar-refractivity contribution in [3.8, 4) is 11.8 Å². The van der Waals surface area contributed by atoms with Crippen molar-refractivity contribution in [1.82, 2.24) is 9.13 Å². The highest BCUT2D eigenvalue weighted by atomic mass is 19.2. The molecule has 0 N–H and O–H groups in total. The fourth-order valence-electron chi connectivity index (χ4n) is 3.40. The van der Waals surface area contributed by atoms with E-state index in [2.05, 4.69) is 11.8 Å². The van der Waals surface area contributed by atoms with Crippen LogP contribution in [0.5, 0.6) is 0 Å². The number of benzene rings is 3. The van der Waals surface area contributed by atoms with E-state index in [-0.39, 0.29) is 6.54 Å². The van der Waals surface area contributed by atoms with Gasteiger partial charge in [0.05, 0.1) is 17.4 Å². The van der Waals surface area contributed by atoms with Crippen LogP contribution in [0.1, 0.15) is 16.7 Å². The van der Waals surface area contributed by atoms with Crippen molar-refractivity contribution in [2.45, 2.75) is 13.0 Å². The molecule has 31 heavy (non-hydrogen) atoms. The van der Waals surface area contributed by atoms with Crippen molar-refractivity contribution >= 4 is 10.9 Å². The Labute approximate surface area is 177 Å². The molecule has 0 fully saturated rings. The first-order valence-corrected chi connectivity index (χ1v) is 9.64. The zero-order valence-corrected chi connectivity index (χ0v) is 16.7. The van der Waals surface area contributed by atoms with Gasteiger partial charge in [-0.05, 0) is 41.5 Å². The molecule has 4 aromatic rings. The first-order valence-electron chi connectivity index (χ1n) is 9.64. The summed E-state index contributed by atoms with van der Waals surface area (Å²) in [4.78, 5) is 25.7. The Morgan fingerprint density at radius 3 is 2.39 bits per heavy atom. The summed E-state index contributed by atoms with van der Waals surface area (Å²) in [6, 6.07) is 18.2. The van der Waals surface area contributed by atoms with E-state index in [1.54, 1.807) is 25.2 Å². The standard InChI is InChI=1S/C25H18F2N2O2/c1-28-23-13-11-18(9-5-8-17-6-3-2-4-7-17)14-20(23)24(30)29(25(28)31)16-19-10-12-21(26)22(27)15-19/h2-4,6-7,10-15H,8,16H2,1H3. The van der Waals surface area contributed by atoms with E-state index in [9.17, 15) is 18.4 Å². The molecule has 0 aliphatic heterocycles. The molecule has 0 bridgehead atoms. The molecule has 1 heterocycles. The Morgan fingerprint density at radius 1 is 0.871 bits per heavy atom. The third-order valence-electron chi connectivity index (χ3n) is 5.04.